The van der Waals surface area contributed by atoms with Crippen molar-refractivity contribution in [3.63, 3.8) is 0 Å². The molecule has 0 radical (unpaired) electrons. The van der Waals surface area contributed by atoms with E-state index in [1.54, 1.807) is 24.5 Å². The summed E-state index contributed by atoms with van der Waals surface area (Å²) in [6.45, 7) is 2.05. The van der Waals surface area contributed by atoms with E-state index in [9.17, 15) is 4.79 Å². The van der Waals surface area contributed by atoms with E-state index in [4.69, 9.17) is 4.74 Å². The fourth-order valence-corrected chi connectivity index (χ4v) is 1.71. The maximum Gasteiger partial charge on any atom is 0.262 e. The van der Waals surface area contributed by atoms with E-state index in [0.29, 0.717) is 5.69 Å². The van der Waals surface area contributed by atoms with E-state index in [1.165, 1.54) is 0 Å². The molecule has 0 unspecified atom stereocenters. The van der Waals surface area contributed by atoms with Gasteiger partial charge in [0, 0.05) is 6.20 Å². The van der Waals surface area contributed by atoms with Crippen LogP contribution >= 0.6 is 0 Å². The summed E-state index contributed by atoms with van der Waals surface area (Å²) in [6, 6.07) is 11.3. The van der Waals surface area contributed by atoms with Crippen LogP contribution in [0.4, 0.5) is 5.69 Å². The van der Waals surface area contributed by atoms with E-state index in [-0.39, 0.29) is 12.5 Å². The number of carbonyl (C=O) groups excluding carboxylic acids is 1. The van der Waals surface area contributed by atoms with Gasteiger partial charge in [0.2, 0.25) is 0 Å². The zero-order valence-electron chi connectivity index (χ0n) is 10.8. The second-order valence-corrected chi connectivity index (χ2v) is 4.04. The Morgan fingerprint density at radius 2 is 2.11 bits per heavy atom. The maximum atomic E-state index is 11.7. The van der Waals surface area contributed by atoms with Crippen LogP contribution in [-0.2, 0) is 11.2 Å². The van der Waals surface area contributed by atoms with Crippen molar-refractivity contribution >= 4 is 11.6 Å². The van der Waals surface area contributed by atoms with Crippen molar-refractivity contribution in [3.05, 3.63) is 54.4 Å². The van der Waals surface area contributed by atoms with Gasteiger partial charge in [0.15, 0.2) is 6.61 Å². The van der Waals surface area contributed by atoms with Crippen molar-refractivity contribution in [2.45, 2.75) is 13.3 Å². The van der Waals surface area contributed by atoms with Gasteiger partial charge in [0.25, 0.3) is 5.91 Å². The Morgan fingerprint density at radius 1 is 1.26 bits per heavy atom. The molecule has 0 saturated heterocycles. The largest absolute Gasteiger partial charge is 0.483 e. The Balaban J connectivity index is 1.90. The molecule has 0 atom stereocenters. The highest BCUT2D eigenvalue weighted by molar-refractivity contribution is 5.91. The van der Waals surface area contributed by atoms with Crippen LogP contribution in [0.25, 0.3) is 0 Å². The van der Waals surface area contributed by atoms with E-state index in [1.807, 2.05) is 24.3 Å². The minimum absolute atomic E-state index is 0.00803. The number of aryl methyl sites for hydroxylation is 1. The molecule has 98 valence electrons. The van der Waals surface area contributed by atoms with E-state index in [0.717, 1.165) is 17.7 Å². The monoisotopic (exact) mass is 256 g/mol. The lowest BCUT2D eigenvalue weighted by Crippen LogP contribution is -2.20. The van der Waals surface area contributed by atoms with E-state index in [2.05, 4.69) is 17.2 Å². The van der Waals surface area contributed by atoms with Gasteiger partial charge in [0.05, 0.1) is 11.9 Å². The van der Waals surface area contributed by atoms with E-state index >= 15 is 0 Å². The first kappa shape index (κ1) is 13.1. The third kappa shape index (κ3) is 3.81. The molecule has 1 aromatic heterocycles. The van der Waals surface area contributed by atoms with Gasteiger partial charge in [-0.25, -0.2) is 0 Å². The fraction of sp³-hybridized carbons (Fsp3) is 0.200. The zero-order valence-corrected chi connectivity index (χ0v) is 10.8. The van der Waals surface area contributed by atoms with Gasteiger partial charge >= 0.3 is 0 Å². The van der Waals surface area contributed by atoms with E-state index < -0.39 is 0 Å². The molecule has 2 aromatic rings. The van der Waals surface area contributed by atoms with Gasteiger partial charge in [-0.15, -0.1) is 0 Å². The second-order valence-electron chi connectivity index (χ2n) is 4.04. The third-order valence-corrected chi connectivity index (χ3v) is 2.66. The molecular formula is C15H16N2O2. The summed E-state index contributed by atoms with van der Waals surface area (Å²) in [4.78, 5) is 15.6. The first-order valence-electron chi connectivity index (χ1n) is 6.20. The molecule has 1 aromatic carbocycles. The van der Waals surface area contributed by atoms with Crippen molar-refractivity contribution in [3.8, 4) is 5.75 Å². The molecule has 0 aliphatic carbocycles. The van der Waals surface area contributed by atoms with Crippen molar-refractivity contribution in [1.29, 1.82) is 0 Å². The molecule has 1 heterocycles. The number of para-hydroxylation sites is 1. The molecule has 0 spiro atoms. The molecule has 4 nitrogen and oxygen atoms in total. The molecule has 0 fully saturated rings. The molecule has 0 aliphatic heterocycles. The van der Waals surface area contributed by atoms with Crippen molar-refractivity contribution < 1.29 is 9.53 Å². The third-order valence-electron chi connectivity index (χ3n) is 2.66. The van der Waals surface area contributed by atoms with Crippen LogP contribution < -0.4 is 10.1 Å². The summed E-state index contributed by atoms with van der Waals surface area (Å²) < 4.78 is 5.53. The number of pyridine rings is 1. The van der Waals surface area contributed by atoms with Crippen LogP contribution in [0.1, 0.15) is 12.5 Å². The quantitative estimate of drug-likeness (QED) is 0.894. The average molecular weight is 256 g/mol. The number of rotatable bonds is 5. The number of anilines is 1. The van der Waals surface area contributed by atoms with Crippen LogP contribution in [0.15, 0.2) is 48.8 Å². The lowest BCUT2D eigenvalue weighted by molar-refractivity contribution is -0.118. The number of hydrogen-bond donors (Lipinski definition) is 1. The predicted octanol–water partition coefficient (Wildman–Crippen LogP) is 2.66. The number of nitrogens with one attached hydrogen (secondary N) is 1. The first-order chi connectivity index (χ1) is 9.29. The summed E-state index contributed by atoms with van der Waals surface area (Å²) >= 11 is 0. The Morgan fingerprint density at radius 3 is 2.84 bits per heavy atom. The smallest absolute Gasteiger partial charge is 0.262 e. The zero-order chi connectivity index (χ0) is 13.5. The standard InChI is InChI=1S/C15H16N2O2/c1-2-12-6-3-4-8-14(12)19-11-15(18)17-13-7-5-9-16-10-13/h3-10H,2,11H2,1H3,(H,17,18). The van der Waals surface area contributed by atoms with Gasteiger partial charge in [-0.1, -0.05) is 25.1 Å². The van der Waals surface area contributed by atoms with Crippen LogP contribution in [0, 0.1) is 0 Å². The van der Waals surface area contributed by atoms with Crippen LogP contribution in [-0.4, -0.2) is 17.5 Å². The highest BCUT2D eigenvalue weighted by atomic mass is 16.5. The van der Waals surface area contributed by atoms with Crippen LogP contribution in [0.3, 0.4) is 0 Å². The average Bonchev–Trinajstić information content (AvgIpc) is 2.46. The lowest BCUT2D eigenvalue weighted by atomic mass is 10.1. The lowest BCUT2D eigenvalue weighted by Gasteiger charge is -2.10. The van der Waals surface area contributed by atoms with Crippen LogP contribution in [0.2, 0.25) is 0 Å². The number of ether oxygens (including phenoxy) is 1. The predicted molar refractivity (Wildman–Crippen MR) is 74.2 cm³/mol. The summed E-state index contributed by atoms with van der Waals surface area (Å²) in [5.74, 6) is 0.560. The SMILES string of the molecule is CCc1ccccc1OCC(=O)Nc1cccnc1. The molecule has 1 N–H and O–H groups in total. The highest BCUT2D eigenvalue weighted by Gasteiger charge is 2.05. The maximum absolute atomic E-state index is 11.7. The molecule has 2 rings (SSSR count). The number of benzene rings is 1. The summed E-state index contributed by atoms with van der Waals surface area (Å²) in [6.07, 6.45) is 4.13. The molecule has 0 aliphatic rings. The minimum atomic E-state index is -0.195. The molecule has 0 bridgehead atoms. The van der Waals surface area contributed by atoms with Crippen molar-refractivity contribution in [1.82, 2.24) is 4.98 Å². The van der Waals surface area contributed by atoms with Gasteiger partial charge in [-0.2, -0.15) is 0 Å². The number of hydrogen-bond acceptors (Lipinski definition) is 3. The Hall–Kier alpha value is -2.36. The van der Waals surface area contributed by atoms with Gasteiger partial charge in [-0.3, -0.25) is 9.78 Å². The molecule has 1 amide bonds. The van der Waals surface area contributed by atoms with Gasteiger partial charge < -0.3 is 10.1 Å². The summed E-state index contributed by atoms with van der Waals surface area (Å²) in [5.41, 5.74) is 1.76. The summed E-state index contributed by atoms with van der Waals surface area (Å²) in [7, 11) is 0. The number of amides is 1. The highest BCUT2D eigenvalue weighted by Crippen LogP contribution is 2.18. The Labute approximate surface area is 112 Å². The van der Waals surface area contributed by atoms with Crippen molar-refractivity contribution in [2.24, 2.45) is 0 Å². The second kappa shape index (κ2) is 6.54. The molecule has 19 heavy (non-hydrogen) atoms. The normalized spacial score (nSPS) is 9.95. The van der Waals surface area contributed by atoms with Gasteiger partial charge in [0.1, 0.15) is 5.75 Å². The number of carbonyl (C=O) groups is 1. The van der Waals surface area contributed by atoms with Crippen molar-refractivity contribution in [2.75, 3.05) is 11.9 Å². The topological polar surface area (TPSA) is 51.2 Å². The first-order valence-corrected chi connectivity index (χ1v) is 6.20. The Kier molecular flexibility index (Phi) is 4.50. The Bertz CT molecular complexity index is 541. The summed E-state index contributed by atoms with van der Waals surface area (Å²) in [5, 5.41) is 2.72. The molecule has 4 heteroatoms. The minimum Gasteiger partial charge on any atom is -0.483 e. The van der Waals surface area contributed by atoms with Crippen LogP contribution in [0.5, 0.6) is 5.75 Å². The number of nitrogens with zero attached hydrogens (tertiary/aromatic N) is 1. The van der Waals surface area contributed by atoms with Gasteiger partial charge in [-0.05, 0) is 30.2 Å². The molecule has 0 saturated carbocycles. The number of aromatic nitrogens is 1. The fourth-order valence-electron chi connectivity index (χ4n) is 1.71. The molecular weight excluding hydrogens is 240 g/mol.